The number of halogens is 2. The van der Waals surface area contributed by atoms with Crippen LogP contribution in [0.25, 0.3) is 5.69 Å². The molecular formula is C14H8F2N2O4. The van der Waals surface area contributed by atoms with Gasteiger partial charge in [-0.25, -0.2) is 4.68 Å². The van der Waals surface area contributed by atoms with Crippen LogP contribution in [0.3, 0.4) is 0 Å². The van der Waals surface area contributed by atoms with Crippen LogP contribution >= 0.6 is 0 Å². The first-order valence-electron chi connectivity index (χ1n) is 5.99. The fourth-order valence-corrected chi connectivity index (χ4v) is 1.97. The van der Waals surface area contributed by atoms with Crippen molar-refractivity contribution in [3.05, 3.63) is 40.3 Å². The molecule has 0 saturated heterocycles. The van der Waals surface area contributed by atoms with Gasteiger partial charge in [0.15, 0.2) is 22.9 Å². The predicted octanol–water partition coefficient (Wildman–Crippen LogP) is 1.54. The lowest BCUT2D eigenvalue weighted by Crippen LogP contribution is -2.26. The number of aromatic nitrogens is 2. The summed E-state index contributed by atoms with van der Waals surface area (Å²) >= 11 is 0. The van der Waals surface area contributed by atoms with Gasteiger partial charge in [0.05, 0.1) is 13.3 Å². The Balaban J connectivity index is 2.21. The zero-order valence-corrected chi connectivity index (χ0v) is 11.2. The van der Waals surface area contributed by atoms with Gasteiger partial charge in [-0.3, -0.25) is 4.79 Å². The highest BCUT2D eigenvalue weighted by molar-refractivity contribution is 5.57. The van der Waals surface area contributed by atoms with E-state index < -0.39 is 11.7 Å². The molecule has 2 aromatic rings. The molecule has 22 heavy (non-hydrogen) atoms. The molecule has 112 valence electrons. The highest BCUT2D eigenvalue weighted by Gasteiger charge is 2.44. The molecule has 3 rings (SSSR count). The SMILES string of the molecule is C#Cc1nn(-c2cccc3c2OC(F)(F)O3)cc(OC)c1=O. The van der Waals surface area contributed by atoms with Gasteiger partial charge in [-0.2, -0.15) is 5.10 Å². The lowest BCUT2D eigenvalue weighted by Gasteiger charge is -2.10. The molecule has 0 unspecified atom stereocenters. The number of terminal acetylenes is 1. The zero-order valence-electron chi connectivity index (χ0n) is 11.2. The van der Waals surface area contributed by atoms with Crippen LogP contribution in [0.1, 0.15) is 5.69 Å². The van der Waals surface area contributed by atoms with E-state index in [0.717, 1.165) is 4.68 Å². The Labute approximate surface area is 122 Å². The Morgan fingerprint density at radius 3 is 2.86 bits per heavy atom. The fraction of sp³-hybridized carbons (Fsp3) is 0.143. The van der Waals surface area contributed by atoms with E-state index in [1.165, 1.54) is 31.5 Å². The third kappa shape index (κ3) is 2.13. The molecule has 1 aromatic heterocycles. The average molecular weight is 306 g/mol. The maximum Gasteiger partial charge on any atom is 0.586 e. The molecule has 0 N–H and O–H groups in total. The molecule has 0 saturated carbocycles. The molecule has 2 heterocycles. The van der Waals surface area contributed by atoms with Crippen molar-refractivity contribution < 1.29 is 23.0 Å². The number of ether oxygens (including phenoxy) is 3. The van der Waals surface area contributed by atoms with Gasteiger partial charge >= 0.3 is 6.29 Å². The maximum absolute atomic E-state index is 13.2. The van der Waals surface area contributed by atoms with Gasteiger partial charge in [0, 0.05) is 0 Å². The van der Waals surface area contributed by atoms with Gasteiger partial charge in [-0.15, -0.1) is 15.2 Å². The summed E-state index contributed by atoms with van der Waals surface area (Å²) in [5.41, 5.74) is -0.663. The van der Waals surface area contributed by atoms with E-state index in [9.17, 15) is 13.6 Å². The molecule has 0 bridgehead atoms. The number of alkyl halides is 2. The lowest BCUT2D eigenvalue weighted by atomic mass is 10.2. The van der Waals surface area contributed by atoms with Gasteiger partial charge in [-0.05, 0) is 18.1 Å². The summed E-state index contributed by atoms with van der Waals surface area (Å²) in [5.74, 6) is 1.68. The van der Waals surface area contributed by atoms with E-state index in [1.807, 2.05) is 0 Å². The molecule has 0 fully saturated rings. The highest BCUT2D eigenvalue weighted by atomic mass is 19.3. The third-order valence-corrected chi connectivity index (χ3v) is 2.90. The summed E-state index contributed by atoms with van der Waals surface area (Å²) in [5, 5.41) is 3.90. The second-order valence-corrected chi connectivity index (χ2v) is 4.24. The molecule has 0 amide bonds. The highest BCUT2D eigenvalue weighted by Crippen LogP contribution is 2.44. The monoisotopic (exact) mass is 306 g/mol. The van der Waals surface area contributed by atoms with Gasteiger partial charge in [0.25, 0.3) is 5.43 Å². The number of hydrogen-bond donors (Lipinski definition) is 0. The van der Waals surface area contributed by atoms with Gasteiger partial charge in [0.2, 0.25) is 0 Å². The Hall–Kier alpha value is -3.08. The van der Waals surface area contributed by atoms with Crippen molar-refractivity contribution in [2.24, 2.45) is 0 Å². The van der Waals surface area contributed by atoms with Crippen molar-refractivity contribution in [1.82, 2.24) is 9.78 Å². The zero-order chi connectivity index (χ0) is 15.9. The summed E-state index contributed by atoms with van der Waals surface area (Å²) in [6, 6.07) is 4.25. The van der Waals surface area contributed by atoms with Crippen molar-refractivity contribution in [2.45, 2.75) is 6.29 Å². The fourth-order valence-electron chi connectivity index (χ4n) is 1.97. The number of benzene rings is 1. The normalized spacial score (nSPS) is 14.5. The molecule has 0 spiro atoms. The van der Waals surface area contributed by atoms with Crippen molar-refractivity contribution in [1.29, 1.82) is 0 Å². The van der Waals surface area contributed by atoms with Gasteiger partial charge < -0.3 is 14.2 Å². The topological polar surface area (TPSA) is 62.6 Å². The van der Waals surface area contributed by atoms with E-state index in [-0.39, 0.29) is 28.6 Å². The Morgan fingerprint density at radius 2 is 2.18 bits per heavy atom. The molecule has 1 aromatic carbocycles. The van der Waals surface area contributed by atoms with Crippen LogP contribution in [-0.2, 0) is 0 Å². The van der Waals surface area contributed by atoms with Crippen LogP contribution in [0.2, 0.25) is 0 Å². The molecule has 6 nitrogen and oxygen atoms in total. The molecule has 0 radical (unpaired) electrons. The number of nitrogens with zero attached hydrogens (tertiary/aromatic N) is 2. The first-order chi connectivity index (χ1) is 10.4. The summed E-state index contributed by atoms with van der Waals surface area (Å²) in [7, 11) is 1.28. The number of fused-ring (bicyclic) bond motifs is 1. The van der Waals surface area contributed by atoms with Crippen LogP contribution < -0.4 is 19.6 Å². The number of para-hydroxylation sites is 1. The summed E-state index contributed by atoms with van der Waals surface area (Å²) in [6.07, 6.45) is 2.67. The number of methoxy groups -OCH3 is 1. The van der Waals surface area contributed by atoms with Crippen LogP contribution in [0.15, 0.2) is 29.2 Å². The van der Waals surface area contributed by atoms with E-state index in [1.54, 1.807) is 0 Å². The van der Waals surface area contributed by atoms with Crippen molar-refractivity contribution >= 4 is 0 Å². The van der Waals surface area contributed by atoms with Crippen LogP contribution in [0, 0.1) is 12.3 Å². The predicted molar refractivity (Wildman–Crippen MR) is 70.5 cm³/mol. The third-order valence-electron chi connectivity index (χ3n) is 2.90. The van der Waals surface area contributed by atoms with E-state index in [0.29, 0.717) is 0 Å². The van der Waals surface area contributed by atoms with Crippen molar-refractivity contribution in [2.75, 3.05) is 7.11 Å². The lowest BCUT2D eigenvalue weighted by molar-refractivity contribution is -0.286. The minimum Gasteiger partial charge on any atom is -0.491 e. The Morgan fingerprint density at radius 1 is 1.41 bits per heavy atom. The molecule has 8 heteroatoms. The van der Waals surface area contributed by atoms with Crippen LogP contribution in [-0.4, -0.2) is 23.2 Å². The molecule has 1 aliphatic heterocycles. The minimum atomic E-state index is -3.77. The largest absolute Gasteiger partial charge is 0.586 e. The summed E-state index contributed by atoms with van der Waals surface area (Å²) < 4.78 is 41.3. The molecule has 1 aliphatic rings. The van der Waals surface area contributed by atoms with Crippen molar-refractivity contribution in [3.63, 3.8) is 0 Å². The Kier molecular flexibility index (Phi) is 2.99. The smallest absolute Gasteiger partial charge is 0.491 e. The maximum atomic E-state index is 13.2. The second kappa shape index (κ2) is 4.73. The first-order valence-corrected chi connectivity index (χ1v) is 5.99. The van der Waals surface area contributed by atoms with Crippen LogP contribution in [0.5, 0.6) is 17.2 Å². The van der Waals surface area contributed by atoms with Crippen molar-refractivity contribution in [3.8, 4) is 35.3 Å². The van der Waals surface area contributed by atoms with Gasteiger partial charge in [-0.1, -0.05) is 6.07 Å². The van der Waals surface area contributed by atoms with E-state index in [2.05, 4.69) is 20.5 Å². The average Bonchev–Trinajstić information content (AvgIpc) is 2.81. The number of hydrogen-bond acceptors (Lipinski definition) is 5. The summed E-state index contributed by atoms with van der Waals surface area (Å²) in [4.78, 5) is 11.8. The molecular weight excluding hydrogens is 298 g/mol. The molecule has 0 aliphatic carbocycles. The second-order valence-electron chi connectivity index (χ2n) is 4.24. The first kappa shape index (κ1) is 13.9. The van der Waals surface area contributed by atoms with Crippen LogP contribution in [0.4, 0.5) is 8.78 Å². The van der Waals surface area contributed by atoms with E-state index >= 15 is 0 Å². The quantitative estimate of drug-likeness (QED) is 0.788. The Bertz CT molecular complexity index is 855. The van der Waals surface area contributed by atoms with E-state index in [4.69, 9.17) is 11.2 Å². The van der Waals surface area contributed by atoms with Gasteiger partial charge in [0.1, 0.15) is 5.69 Å². The molecule has 0 atom stereocenters. The standard InChI is InChI=1S/C14H8F2N2O4/c1-3-8-12(19)11(20-2)7-18(17-8)9-5-4-6-10-13(9)22-14(15,16)21-10/h1,4-7H,2H3. The summed E-state index contributed by atoms with van der Waals surface area (Å²) in [6.45, 7) is 0. The minimum absolute atomic E-state index is 0.0776. The number of rotatable bonds is 2.